The lowest BCUT2D eigenvalue weighted by atomic mass is 10.1. The zero-order valence-corrected chi connectivity index (χ0v) is 13.9. The molecule has 22 heavy (non-hydrogen) atoms. The van der Waals surface area contributed by atoms with Gasteiger partial charge in [-0.25, -0.2) is 8.42 Å². The topological polar surface area (TPSA) is 54.5 Å². The van der Waals surface area contributed by atoms with Crippen LogP contribution < -0.4 is 0 Å². The number of sulfone groups is 1. The predicted molar refractivity (Wildman–Crippen MR) is 88.6 cm³/mol. The van der Waals surface area contributed by atoms with Gasteiger partial charge in [-0.3, -0.25) is 4.79 Å². The van der Waals surface area contributed by atoms with Crippen LogP contribution in [0, 0.1) is 0 Å². The number of nitrogens with zero attached hydrogens (tertiary/aromatic N) is 1. The van der Waals surface area contributed by atoms with E-state index >= 15 is 0 Å². The Hall–Kier alpha value is -1.33. The number of halogens is 1. The fourth-order valence-corrected chi connectivity index (χ4v) is 4.81. The third-order valence-corrected chi connectivity index (χ3v) is 6.36. The molecule has 1 aromatic rings. The Morgan fingerprint density at radius 1 is 1.36 bits per heavy atom. The van der Waals surface area contributed by atoms with E-state index in [9.17, 15) is 13.2 Å². The fraction of sp³-hybridized carbons (Fsp3) is 0.438. The quantitative estimate of drug-likeness (QED) is 0.791. The Bertz CT molecular complexity index is 657. The molecule has 0 spiro atoms. The van der Waals surface area contributed by atoms with Gasteiger partial charge in [-0.05, 0) is 24.5 Å². The summed E-state index contributed by atoms with van der Waals surface area (Å²) < 4.78 is 25.0. The molecule has 0 aliphatic carbocycles. The van der Waals surface area contributed by atoms with E-state index in [0.717, 1.165) is 0 Å². The zero-order valence-electron chi connectivity index (χ0n) is 12.4. The molecule has 1 aliphatic heterocycles. The molecular weight excluding hydrogens is 322 g/mol. The van der Waals surface area contributed by atoms with Crippen molar-refractivity contribution in [3.63, 3.8) is 0 Å². The molecule has 0 N–H and O–H groups in total. The Balaban J connectivity index is 2.19. The maximum Gasteiger partial charge on any atom is 0.222 e. The van der Waals surface area contributed by atoms with Crippen LogP contribution in [-0.2, 0) is 14.6 Å². The van der Waals surface area contributed by atoms with Gasteiger partial charge in [-0.1, -0.05) is 35.9 Å². The molecule has 1 saturated heterocycles. The summed E-state index contributed by atoms with van der Waals surface area (Å²) in [5.41, 5.74) is 0.629. The maximum atomic E-state index is 12.5. The van der Waals surface area contributed by atoms with Gasteiger partial charge in [-0.2, -0.15) is 0 Å². The van der Waals surface area contributed by atoms with E-state index in [2.05, 4.69) is 6.58 Å². The standard InChI is InChI=1S/C16H20ClNO3S/c1-2-3-8-16(19)18-10-9-15(22(20,21)12-11-18)13-6-4-5-7-14(13)17/h2,4-7,15H,1,3,8-12H2/t15-/m0/s1. The van der Waals surface area contributed by atoms with Gasteiger partial charge in [0.05, 0.1) is 11.0 Å². The molecule has 2 rings (SSSR count). The van der Waals surface area contributed by atoms with Crippen molar-refractivity contribution in [2.75, 3.05) is 18.8 Å². The van der Waals surface area contributed by atoms with Crippen molar-refractivity contribution in [2.24, 2.45) is 0 Å². The van der Waals surface area contributed by atoms with Crippen molar-refractivity contribution in [2.45, 2.75) is 24.5 Å². The summed E-state index contributed by atoms with van der Waals surface area (Å²) in [5, 5.41) is -0.180. The van der Waals surface area contributed by atoms with Crippen LogP contribution in [-0.4, -0.2) is 38.1 Å². The first kappa shape index (κ1) is 17.0. The van der Waals surface area contributed by atoms with Gasteiger partial charge in [0.15, 0.2) is 9.84 Å². The van der Waals surface area contributed by atoms with Crippen LogP contribution >= 0.6 is 11.6 Å². The Kier molecular flexibility index (Phi) is 5.64. The first-order valence-corrected chi connectivity index (χ1v) is 9.39. The molecule has 1 heterocycles. The minimum Gasteiger partial charge on any atom is -0.342 e. The molecular formula is C16H20ClNO3S. The predicted octanol–water partition coefficient (Wildman–Crippen LogP) is 2.99. The molecule has 1 atom stereocenters. The normalized spacial score (nSPS) is 21.1. The van der Waals surface area contributed by atoms with E-state index in [1.165, 1.54) is 0 Å². The highest BCUT2D eigenvalue weighted by Gasteiger charge is 2.33. The molecule has 1 fully saturated rings. The molecule has 4 nitrogen and oxygen atoms in total. The van der Waals surface area contributed by atoms with Gasteiger partial charge in [-0.15, -0.1) is 6.58 Å². The van der Waals surface area contributed by atoms with Gasteiger partial charge < -0.3 is 4.90 Å². The van der Waals surface area contributed by atoms with Gasteiger partial charge in [0.1, 0.15) is 0 Å². The van der Waals surface area contributed by atoms with Crippen molar-refractivity contribution in [1.82, 2.24) is 4.90 Å². The monoisotopic (exact) mass is 341 g/mol. The summed E-state index contributed by atoms with van der Waals surface area (Å²) in [4.78, 5) is 13.7. The summed E-state index contributed by atoms with van der Waals surface area (Å²) in [6.45, 7) is 4.28. The largest absolute Gasteiger partial charge is 0.342 e. The Labute approximate surface area is 136 Å². The fourth-order valence-electron chi connectivity index (χ4n) is 2.66. The second-order valence-corrected chi connectivity index (χ2v) is 8.08. The van der Waals surface area contributed by atoms with E-state index < -0.39 is 15.1 Å². The Morgan fingerprint density at radius 3 is 2.77 bits per heavy atom. The number of rotatable bonds is 4. The summed E-state index contributed by atoms with van der Waals surface area (Å²) in [6.07, 6.45) is 3.06. The molecule has 1 aliphatic rings. The van der Waals surface area contributed by atoms with E-state index in [4.69, 9.17) is 11.6 Å². The van der Waals surface area contributed by atoms with Crippen LogP contribution in [0.2, 0.25) is 5.02 Å². The van der Waals surface area contributed by atoms with Crippen LogP contribution in [0.15, 0.2) is 36.9 Å². The van der Waals surface area contributed by atoms with E-state index in [0.29, 0.717) is 36.4 Å². The smallest absolute Gasteiger partial charge is 0.222 e. The summed E-state index contributed by atoms with van der Waals surface area (Å²) >= 11 is 6.15. The molecule has 1 aromatic carbocycles. The van der Waals surface area contributed by atoms with Crippen molar-refractivity contribution in [1.29, 1.82) is 0 Å². The Morgan fingerprint density at radius 2 is 2.09 bits per heavy atom. The number of amides is 1. The van der Waals surface area contributed by atoms with E-state index in [1.807, 2.05) is 0 Å². The summed E-state index contributed by atoms with van der Waals surface area (Å²) in [6, 6.07) is 7.01. The number of carbonyl (C=O) groups excluding carboxylic acids is 1. The average Bonchev–Trinajstić information content (AvgIpc) is 2.64. The van der Waals surface area contributed by atoms with Gasteiger partial charge in [0, 0.05) is 24.5 Å². The number of hydrogen-bond acceptors (Lipinski definition) is 3. The van der Waals surface area contributed by atoms with Crippen molar-refractivity contribution in [3.05, 3.63) is 47.5 Å². The van der Waals surface area contributed by atoms with Crippen LogP contribution in [0.3, 0.4) is 0 Å². The number of hydrogen-bond donors (Lipinski definition) is 0. The molecule has 0 bridgehead atoms. The second kappa shape index (κ2) is 7.29. The SMILES string of the molecule is C=CCCC(=O)N1CC[C@@H](c2ccccc2Cl)S(=O)(=O)CC1. The van der Waals surface area contributed by atoms with E-state index in [-0.39, 0.29) is 18.2 Å². The van der Waals surface area contributed by atoms with Crippen LogP contribution in [0.1, 0.15) is 30.1 Å². The molecule has 0 aromatic heterocycles. The van der Waals surface area contributed by atoms with Crippen LogP contribution in [0.5, 0.6) is 0 Å². The van der Waals surface area contributed by atoms with Crippen LogP contribution in [0.25, 0.3) is 0 Å². The second-order valence-electron chi connectivity index (χ2n) is 5.37. The molecule has 0 unspecified atom stereocenters. The van der Waals surface area contributed by atoms with Crippen LogP contribution in [0.4, 0.5) is 0 Å². The lowest BCUT2D eigenvalue weighted by molar-refractivity contribution is -0.130. The van der Waals surface area contributed by atoms with Gasteiger partial charge in [0.25, 0.3) is 0 Å². The maximum absolute atomic E-state index is 12.5. The van der Waals surface area contributed by atoms with Gasteiger partial charge in [0.2, 0.25) is 5.91 Å². The van der Waals surface area contributed by atoms with E-state index in [1.54, 1.807) is 35.2 Å². The van der Waals surface area contributed by atoms with Crippen molar-refractivity contribution in [3.8, 4) is 0 Å². The number of benzene rings is 1. The minimum absolute atomic E-state index is 0.0186. The highest BCUT2D eigenvalue weighted by molar-refractivity contribution is 7.91. The lowest BCUT2D eigenvalue weighted by Crippen LogP contribution is -2.33. The van der Waals surface area contributed by atoms with Gasteiger partial charge >= 0.3 is 0 Å². The molecule has 120 valence electrons. The zero-order chi connectivity index (χ0) is 16.2. The molecule has 0 radical (unpaired) electrons. The lowest BCUT2D eigenvalue weighted by Gasteiger charge is -2.19. The highest BCUT2D eigenvalue weighted by Crippen LogP contribution is 2.33. The first-order valence-electron chi connectivity index (χ1n) is 7.30. The van der Waals surface area contributed by atoms with Crippen molar-refractivity contribution >= 4 is 27.3 Å². The third kappa shape index (κ3) is 3.90. The molecule has 6 heteroatoms. The third-order valence-electron chi connectivity index (χ3n) is 3.91. The molecule has 1 amide bonds. The highest BCUT2D eigenvalue weighted by atomic mass is 35.5. The summed E-state index contributed by atoms with van der Waals surface area (Å²) in [5.74, 6) is -0.0437. The minimum atomic E-state index is -3.32. The molecule has 0 saturated carbocycles. The summed E-state index contributed by atoms with van der Waals surface area (Å²) in [7, 11) is -3.32. The first-order chi connectivity index (χ1) is 10.5. The number of carbonyl (C=O) groups is 1. The average molecular weight is 342 g/mol. The number of allylic oxidation sites excluding steroid dienone is 1. The van der Waals surface area contributed by atoms with Crippen molar-refractivity contribution < 1.29 is 13.2 Å².